The summed E-state index contributed by atoms with van der Waals surface area (Å²) in [4.78, 5) is 28.0. The number of hydrogen-bond acceptors (Lipinski definition) is 6. The molecule has 1 fully saturated rings. The van der Waals surface area contributed by atoms with Gasteiger partial charge >= 0.3 is 0 Å². The van der Waals surface area contributed by atoms with Gasteiger partial charge in [0.05, 0.1) is 11.4 Å². The average Bonchev–Trinajstić information content (AvgIpc) is 3.36. The second-order valence-electron chi connectivity index (χ2n) is 7.16. The molecule has 1 aliphatic heterocycles. The molecule has 1 aliphatic rings. The first-order chi connectivity index (χ1) is 14.1. The van der Waals surface area contributed by atoms with Gasteiger partial charge in [-0.1, -0.05) is 30.3 Å². The van der Waals surface area contributed by atoms with Gasteiger partial charge in [0, 0.05) is 36.5 Å². The zero-order valence-corrected chi connectivity index (χ0v) is 17.3. The minimum Gasteiger partial charge on any atom is -0.338 e. The Morgan fingerprint density at radius 2 is 2.03 bits per heavy atom. The fourth-order valence-corrected chi connectivity index (χ4v) is 4.12. The summed E-state index contributed by atoms with van der Waals surface area (Å²) in [6.07, 6.45) is 4.42. The summed E-state index contributed by atoms with van der Waals surface area (Å²) in [5.41, 5.74) is 2.98. The second kappa shape index (κ2) is 8.53. The van der Waals surface area contributed by atoms with E-state index in [1.165, 1.54) is 0 Å². The highest BCUT2D eigenvalue weighted by Gasteiger charge is 2.27. The van der Waals surface area contributed by atoms with Gasteiger partial charge in [-0.15, -0.1) is 11.3 Å². The van der Waals surface area contributed by atoms with Crippen LogP contribution in [0.2, 0.25) is 0 Å². The van der Waals surface area contributed by atoms with Crippen LogP contribution < -0.4 is 5.32 Å². The molecule has 7 heteroatoms. The van der Waals surface area contributed by atoms with E-state index in [1.807, 2.05) is 66.6 Å². The zero-order chi connectivity index (χ0) is 20.2. The largest absolute Gasteiger partial charge is 0.338 e. The van der Waals surface area contributed by atoms with Gasteiger partial charge < -0.3 is 10.2 Å². The van der Waals surface area contributed by atoms with E-state index in [2.05, 4.69) is 20.3 Å². The van der Waals surface area contributed by atoms with Crippen LogP contribution in [-0.4, -0.2) is 38.8 Å². The Labute approximate surface area is 174 Å². The van der Waals surface area contributed by atoms with Gasteiger partial charge in [0.2, 0.25) is 5.91 Å². The standard InChI is InChI=1S/C22H23N5OS/c1-15-14-29-22(23-15)26-20-12-19(24-16(2)25-20)18-10-11-27(13-18)21(28)9-8-17-6-4-3-5-7-17/h3-9,12,14,18H,10-11,13H2,1-2H3,(H,23,24,25,26)/b9-8+. The van der Waals surface area contributed by atoms with E-state index >= 15 is 0 Å². The molecule has 1 atom stereocenters. The number of benzene rings is 1. The SMILES string of the molecule is Cc1csc(Nc2cc(C3CCN(C(=O)/C=C/c4ccccc4)C3)nc(C)n2)n1. The minimum atomic E-state index is 0.0405. The van der Waals surface area contributed by atoms with Crippen molar-refractivity contribution in [1.82, 2.24) is 19.9 Å². The minimum absolute atomic E-state index is 0.0405. The Bertz CT molecular complexity index is 1030. The number of hydrogen-bond donors (Lipinski definition) is 1. The normalized spacial score (nSPS) is 16.5. The van der Waals surface area contributed by atoms with Crippen LogP contribution in [0.3, 0.4) is 0 Å². The van der Waals surface area contributed by atoms with Crippen molar-refractivity contribution in [2.75, 3.05) is 18.4 Å². The summed E-state index contributed by atoms with van der Waals surface area (Å²) < 4.78 is 0. The van der Waals surface area contributed by atoms with Crippen molar-refractivity contribution in [3.63, 3.8) is 0 Å². The molecule has 29 heavy (non-hydrogen) atoms. The molecule has 2 aromatic heterocycles. The molecular weight excluding hydrogens is 382 g/mol. The summed E-state index contributed by atoms with van der Waals surface area (Å²) in [6, 6.07) is 11.8. The first-order valence-electron chi connectivity index (χ1n) is 9.63. The molecule has 1 amide bonds. The van der Waals surface area contributed by atoms with Crippen LogP contribution in [0.25, 0.3) is 6.08 Å². The Kier molecular flexibility index (Phi) is 5.67. The fourth-order valence-electron chi connectivity index (χ4n) is 3.42. The van der Waals surface area contributed by atoms with E-state index in [0.717, 1.165) is 40.9 Å². The molecular formula is C22H23N5OS. The van der Waals surface area contributed by atoms with E-state index in [-0.39, 0.29) is 11.8 Å². The van der Waals surface area contributed by atoms with E-state index in [1.54, 1.807) is 17.4 Å². The van der Waals surface area contributed by atoms with Gasteiger partial charge in [0.15, 0.2) is 5.13 Å². The lowest BCUT2D eigenvalue weighted by atomic mass is 10.0. The topological polar surface area (TPSA) is 71.0 Å². The summed E-state index contributed by atoms with van der Waals surface area (Å²) in [6.45, 7) is 5.27. The van der Waals surface area contributed by atoms with Crippen LogP contribution in [0, 0.1) is 13.8 Å². The van der Waals surface area contributed by atoms with Gasteiger partial charge in [-0.3, -0.25) is 4.79 Å². The Morgan fingerprint density at radius 3 is 2.79 bits per heavy atom. The highest BCUT2D eigenvalue weighted by Crippen LogP contribution is 2.28. The number of thiazole rings is 1. The van der Waals surface area contributed by atoms with Crippen molar-refractivity contribution in [2.24, 2.45) is 0 Å². The number of anilines is 2. The molecule has 0 aliphatic carbocycles. The predicted octanol–water partition coefficient (Wildman–Crippen LogP) is 4.32. The summed E-state index contributed by atoms with van der Waals surface area (Å²) in [5.74, 6) is 1.71. The predicted molar refractivity (Wildman–Crippen MR) is 116 cm³/mol. The van der Waals surface area contributed by atoms with Gasteiger partial charge in [0.25, 0.3) is 0 Å². The molecule has 4 rings (SSSR count). The van der Waals surface area contributed by atoms with Crippen LogP contribution in [-0.2, 0) is 4.79 Å². The van der Waals surface area contributed by atoms with Crippen molar-refractivity contribution in [3.05, 3.63) is 70.6 Å². The molecule has 1 aromatic carbocycles. The van der Waals surface area contributed by atoms with Crippen molar-refractivity contribution >= 4 is 34.3 Å². The summed E-state index contributed by atoms with van der Waals surface area (Å²) in [5, 5.41) is 6.09. The molecule has 0 saturated carbocycles. The molecule has 1 N–H and O–H groups in total. The maximum absolute atomic E-state index is 12.6. The molecule has 0 spiro atoms. The molecule has 0 radical (unpaired) electrons. The molecule has 0 bridgehead atoms. The third-order valence-electron chi connectivity index (χ3n) is 4.85. The number of carbonyl (C=O) groups excluding carboxylic acids is 1. The van der Waals surface area contributed by atoms with Crippen LogP contribution in [0.15, 0.2) is 47.9 Å². The fraction of sp³-hybridized carbons (Fsp3) is 0.273. The van der Waals surface area contributed by atoms with Crippen molar-refractivity contribution in [3.8, 4) is 0 Å². The van der Waals surface area contributed by atoms with Crippen molar-refractivity contribution in [1.29, 1.82) is 0 Å². The van der Waals surface area contributed by atoms with Crippen LogP contribution in [0.4, 0.5) is 10.9 Å². The first kappa shape index (κ1) is 19.3. The first-order valence-corrected chi connectivity index (χ1v) is 10.5. The molecule has 1 unspecified atom stereocenters. The van der Waals surface area contributed by atoms with Crippen LogP contribution >= 0.6 is 11.3 Å². The van der Waals surface area contributed by atoms with E-state index < -0.39 is 0 Å². The Morgan fingerprint density at radius 1 is 1.21 bits per heavy atom. The molecule has 1 saturated heterocycles. The Hall–Kier alpha value is -3.06. The highest BCUT2D eigenvalue weighted by atomic mass is 32.1. The number of carbonyl (C=O) groups is 1. The van der Waals surface area contributed by atoms with E-state index in [9.17, 15) is 4.79 Å². The van der Waals surface area contributed by atoms with Gasteiger partial charge in [0.1, 0.15) is 11.6 Å². The number of likely N-dealkylation sites (tertiary alicyclic amines) is 1. The van der Waals surface area contributed by atoms with Crippen molar-refractivity contribution < 1.29 is 4.79 Å². The number of nitrogens with one attached hydrogen (secondary N) is 1. The zero-order valence-electron chi connectivity index (χ0n) is 16.5. The van der Waals surface area contributed by atoms with Crippen LogP contribution in [0.5, 0.6) is 0 Å². The summed E-state index contributed by atoms with van der Waals surface area (Å²) in [7, 11) is 0. The van der Waals surface area contributed by atoms with Crippen LogP contribution in [0.1, 0.15) is 35.1 Å². The lowest BCUT2D eigenvalue weighted by Crippen LogP contribution is -2.26. The van der Waals surface area contributed by atoms with Crippen molar-refractivity contribution in [2.45, 2.75) is 26.2 Å². The summed E-state index contributed by atoms with van der Waals surface area (Å²) >= 11 is 1.55. The van der Waals surface area contributed by atoms with Gasteiger partial charge in [-0.2, -0.15) is 0 Å². The quantitative estimate of drug-likeness (QED) is 0.640. The number of rotatable bonds is 5. The van der Waals surface area contributed by atoms with E-state index in [0.29, 0.717) is 12.4 Å². The van der Waals surface area contributed by atoms with Gasteiger partial charge in [-0.05, 0) is 31.9 Å². The average molecular weight is 406 g/mol. The molecule has 148 valence electrons. The monoisotopic (exact) mass is 405 g/mol. The highest BCUT2D eigenvalue weighted by molar-refractivity contribution is 7.13. The molecule has 3 heterocycles. The Balaban J connectivity index is 1.43. The second-order valence-corrected chi connectivity index (χ2v) is 8.02. The molecule has 6 nitrogen and oxygen atoms in total. The third kappa shape index (κ3) is 4.86. The number of nitrogens with zero attached hydrogens (tertiary/aromatic N) is 4. The van der Waals surface area contributed by atoms with E-state index in [4.69, 9.17) is 0 Å². The maximum atomic E-state index is 12.6. The lowest BCUT2D eigenvalue weighted by molar-refractivity contribution is -0.124. The number of aromatic nitrogens is 3. The molecule has 3 aromatic rings. The smallest absolute Gasteiger partial charge is 0.246 e. The number of amides is 1. The van der Waals surface area contributed by atoms with Gasteiger partial charge in [-0.25, -0.2) is 15.0 Å². The maximum Gasteiger partial charge on any atom is 0.246 e. The number of aryl methyl sites for hydroxylation is 2. The third-order valence-corrected chi connectivity index (χ3v) is 5.72. The lowest BCUT2D eigenvalue weighted by Gasteiger charge is -2.15.